The maximum absolute atomic E-state index is 2.39. The summed E-state index contributed by atoms with van der Waals surface area (Å²) in [5.41, 5.74) is 0. The SMILES string of the molecule is [CH]1CCCCC1.[F-].[Pd]. The zero-order chi connectivity index (χ0) is 4.24. The number of hydrogen-bond donors (Lipinski definition) is 0. The van der Waals surface area contributed by atoms with Crippen LogP contribution in [0.2, 0.25) is 0 Å². The van der Waals surface area contributed by atoms with Crippen LogP contribution in [0.15, 0.2) is 0 Å². The van der Waals surface area contributed by atoms with Crippen molar-refractivity contribution in [2.75, 3.05) is 0 Å². The molecule has 0 atom stereocenters. The van der Waals surface area contributed by atoms with Crippen LogP contribution in [0, 0.1) is 6.42 Å². The van der Waals surface area contributed by atoms with Crippen LogP contribution < -0.4 is 4.70 Å². The van der Waals surface area contributed by atoms with E-state index in [1.54, 1.807) is 0 Å². The summed E-state index contributed by atoms with van der Waals surface area (Å²) in [7, 11) is 0. The average Bonchev–Trinajstić information content (AvgIpc) is 1.72. The van der Waals surface area contributed by atoms with Crippen molar-refractivity contribution in [2.45, 2.75) is 32.1 Å². The van der Waals surface area contributed by atoms with E-state index in [2.05, 4.69) is 6.42 Å². The molecule has 1 radical (unpaired) electrons. The monoisotopic (exact) mass is 208 g/mol. The molecule has 0 bridgehead atoms. The summed E-state index contributed by atoms with van der Waals surface area (Å²) in [6.45, 7) is 0. The first-order valence-electron chi connectivity index (χ1n) is 2.82. The molecule has 0 saturated heterocycles. The Morgan fingerprint density at radius 2 is 1.38 bits per heavy atom. The predicted octanol–water partition coefficient (Wildman–Crippen LogP) is -0.844. The summed E-state index contributed by atoms with van der Waals surface area (Å²) in [5.74, 6) is 0. The number of hydrogen-bond acceptors (Lipinski definition) is 0. The molecule has 1 saturated carbocycles. The maximum atomic E-state index is 2.39. The van der Waals surface area contributed by atoms with Gasteiger partial charge in [-0.25, -0.2) is 0 Å². The zero-order valence-corrected chi connectivity index (χ0v) is 6.36. The van der Waals surface area contributed by atoms with Crippen molar-refractivity contribution in [1.29, 1.82) is 0 Å². The van der Waals surface area contributed by atoms with Gasteiger partial charge in [0.05, 0.1) is 0 Å². The second kappa shape index (κ2) is 7.59. The minimum Gasteiger partial charge on any atom is -1.00 e. The van der Waals surface area contributed by atoms with E-state index in [1.807, 2.05) is 0 Å². The van der Waals surface area contributed by atoms with Crippen molar-refractivity contribution >= 4 is 0 Å². The van der Waals surface area contributed by atoms with E-state index in [1.165, 1.54) is 32.1 Å². The predicted molar refractivity (Wildman–Crippen MR) is 27.4 cm³/mol. The topological polar surface area (TPSA) is 0 Å². The van der Waals surface area contributed by atoms with E-state index in [-0.39, 0.29) is 25.1 Å². The first-order chi connectivity index (χ1) is 3.00. The maximum Gasteiger partial charge on any atom is 0 e. The Morgan fingerprint density at radius 1 is 0.875 bits per heavy atom. The Balaban J connectivity index is 0. The second-order valence-corrected chi connectivity index (χ2v) is 1.93. The molecule has 1 aliphatic carbocycles. The fourth-order valence-corrected chi connectivity index (χ4v) is 0.898. The summed E-state index contributed by atoms with van der Waals surface area (Å²) >= 11 is 0. The fourth-order valence-electron chi connectivity index (χ4n) is 0.898. The Kier molecular flexibility index (Phi) is 10.8. The van der Waals surface area contributed by atoms with E-state index in [9.17, 15) is 0 Å². The van der Waals surface area contributed by atoms with E-state index >= 15 is 0 Å². The molecule has 1 aliphatic rings. The second-order valence-electron chi connectivity index (χ2n) is 1.93. The normalized spacial score (nSPS) is 18.0. The van der Waals surface area contributed by atoms with E-state index < -0.39 is 0 Å². The molecule has 0 amide bonds. The van der Waals surface area contributed by atoms with Crippen LogP contribution in [0.5, 0.6) is 0 Å². The van der Waals surface area contributed by atoms with Crippen LogP contribution in [0.4, 0.5) is 0 Å². The molecule has 0 aromatic rings. The Bertz CT molecular complexity index is 24.0. The molecule has 0 unspecified atom stereocenters. The van der Waals surface area contributed by atoms with Crippen molar-refractivity contribution in [1.82, 2.24) is 0 Å². The third kappa shape index (κ3) is 4.74. The molecule has 1 fully saturated rings. The molecule has 0 aromatic carbocycles. The molecular weight excluding hydrogens is 197 g/mol. The average molecular weight is 209 g/mol. The van der Waals surface area contributed by atoms with Crippen molar-refractivity contribution < 1.29 is 25.1 Å². The summed E-state index contributed by atoms with van der Waals surface area (Å²) in [6.07, 6.45) is 9.50. The molecule has 0 aromatic heterocycles. The number of rotatable bonds is 0. The van der Waals surface area contributed by atoms with Gasteiger partial charge < -0.3 is 4.70 Å². The smallest absolute Gasteiger partial charge is 0 e. The molecule has 8 heavy (non-hydrogen) atoms. The zero-order valence-electron chi connectivity index (χ0n) is 4.81. The van der Waals surface area contributed by atoms with Crippen LogP contribution in [0.1, 0.15) is 32.1 Å². The molecule has 0 heterocycles. The van der Waals surface area contributed by atoms with Crippen LogP contribution >= 0.6 is 0 Å². The van der Waals surface area contributed by atoms with Gasteiger partial charge in [-0.05, 0) is 6.42 Å². The van der Waals surface area contributed by atoms with Gasteiger partial charge in [0.25, 0.3) is 0 Å². The molecule has 0 aliphatic heterocycles. The van der Waals surface area contributed by atoms with Gasteiger partial charge in [0.15, 0.2) is 0 Å². The van der Waals surface area contributed by atoms with Crippen molar-refractivity contribution in [3.63, 3.8) is 0 Å². The van der Waals surface area contributed by atoms with Gasteiger partial charge in [-0.2, -0.15) is 0 Å². The van der Waals surface area contributed by atoms with E-state index in [0.717, 1.165) is 0 Å². The van der Waals surface area contributed by atoms with Gasteiger partial charge in [0.1, 0.15) is 0 Å². The quantitative estimate of drug-likeness (QED) is 0.456. The van der Waals surface area contributed by atoms with Crippen molar-refractivity contribution in [3.05, 3.63) is 6.42 Å². The van der Waals surface area contributed by atoms with Crippen LogP contribution in [0.25, 0.3) is 0 Å². The minimum atomic E-state index is 0. The molecule has 53 valence electrons. The standard InChI is InChI=1S/C6H11.FH.Pd/c1-2-4-6-5-3-1;;/h1H,2-6H2;1H;/p-1. The van der Waals surface area contributed by atoms with E-state index in [4.69, 9.17) is 0 Å². The Hall–Kier alpha value is 0.592. The molecule has 0 spiro atoms. The molecule has 2 heteroatoms. The minimum absolute atomic E-state index is 0. The summed E-state index contributed by atoms with van der Waals surface area (Å²) in [4.78, 5) is 0. The largest absolute Gasteiger partial charge is 1.00 e. The molecule has 0 N–H and O–H groups in total. The van der Waals surface area contributed by atoms with Gasteiger partial charge in [-0.1, -0.05) is 32.1 Å². The van der Waals surface area contributed by atoms with Gasteiger partial charge in [0, 0.05) is 20.4 Å². The number of halogens is 1. The van der Waals surface area contributed by atoms with Crippen LogP contribution in [-0.4, -0.2) is 0 Å². The summed E-state index contributed by atoms with van der Waals surface area (Å²) < 4.78 is 0. The van der Waals surface area contributed by atoms with Gasteiger partial charge in [0.2, 0.25) is 0 Å². The first-order valence-corrected chi connectivity index (χ1v) is 2.82. The fraction of sp³-hybridized carbons (Fsp3) is 0.833. The Morgan fingerprint density at radius 3 is 1.50 bits per heavy atom. The summed E-state index contributed by atoms with van der Waals surface area (Å²) in [5, 5.41) is 0. The van der Waals surface area contributed by atoms with Crippen molar-refractivity contribution in [3.8, 4) is 0 Å². The van der Waals surface area contributed by atoms with Crippen LogP contribution in [0.3, 0.4) is 0 Å². The first kappa shape index (κ1) is 11.4. The van der Waals surface area contributed by atoms with Crippen LogP contribution in [-0.2, 0) is 20.4 Å². The third-order valence-corrected chi connectivity index (χ3v) is 1.32. The van der Waals surface area contributed by atoms with E-state index in [0.29, 0.717) is 0 Å². The molecule has 0 nitrogen and oxygen atoms in total. The summed E-state index contributed by atoms with van der Waals surface area (Å²) in [6, 6.07) is 0. The van der Waals surface area contributed by atoms with Gasteiger partial charge in [-0.3, -0.25) is 0 Å². The Labute approximate surface area is 64.1 Å². The molecule has 1 rings (SSSR count). The van der Waals surface area contributed by atoms with Gasteiger partial charge in [-0.15, -0.1) is 0 Å². The third-order valence-electron chi connectivity index (χ3n) is 1.32. The van der Waals surface area contributed by atoms with Gasteiger partial charge >= 0.3 is 0 Å². The molecular formula is C6H11FPd-. The van der Waals surface area contributed by atoms with Crippen molar-refractivity contribution in [2.24, 2.45) is 0 Å².